The molecule has 1 aromatic heterocycles. The monoisotopic (exact) mass is 475 g/mol. The average molecular weight is 476 g/mol. The second kappa shape index (κ2) is 10.8. The highest BCUT2D eigenvalue weighted by Crippen LogP contribution is 2.44. The van der Waals surface area contributed by atoms with Crippen LogP contribution in [0.4, 0.5) is 11.7 Å². The van der Waals surface area contributed by atoms with Gasteiger partial charge in [-0.2, -0.15) is 10.2 Å². The van der Waals surface area contributed by atoms with Gasteiger partial charge in [0.1, 0.15) is 11.6 Å². The zero-order valence-corrected chi connectivity index (χ0v) is 20.9. The Balaban J connectivity index is 1.76. The summed E-state index contributed by atoms with van der Waals surface area (Å²) in [5.41, 5.74) is 5.66. The van der Waals surface area contributed by atoms with Crippen LogP contribution in [0.15, 0.2) is 34.7 Å². The van der Waals surface area contributed by atoms with Gasteiger partial charge >= 0.3 is 5.97 Å². The molecule has 0 bridgehead atoms. The summed E-state index contributed by atoms with van der Waals surface area (Å²) in [5, 5.41) is 13.3. The normalized spacial score (nSPS) is 15.5. The van der Waals surface area contributed by atoms with Crippen LogP contribution >= 0.6 is 0 Å². The van der Waals surface area contributed by atoms with E-state index in [0.717, 1.165) is 41.9 Å². The van der Waals surface area contributed by atoms with Crippen LogP contribution in [0, 0.1) is 18.3 Å². The fourth-order valence-corrected chi connectivity index (χ4v) is 4.74. The molecule has 8 nitrogen and oxygen atoms in total. The molecule has 184 valence electrons. The Morgan fingerprint density at radius 1 is 1.34 bits per heavy atom. The highest BCUT2D eigenvalue weighted by Gasteiger charge is 2.31. The van der Waals surface area contributed by atoms with Crippen molar-refractivity contribution in [1.82, 2.24) is 9.88 Å². The summed E-state index contributed by atoms with van der Waals surface area (Å²) in [4.78, 5) is 20.9. The minimum absolute atomic E-state index is 0.214. The average Bonchev–Trinajstić information content (AvgIpc) is 3.50. The lowest BCUT2D eigenvalue weighted by Crippen LogP contribution is -2.31. The van der Waals surface area contributed by atoms with E-state index in [1.807, 2.05) is 25.1 Å². The molecule has 8 heteroatoms. The molecule has 0 saturated carbocycles. The Morgan fingerprint density at radius 3 is 2.77 bits per heavy atom. The van der Waals surface area contributed by atoms with Crippen LogP contribution in [0.1, 0.15) is 37.3 Å². The second-order valence-corrected chi connectivity index (χ2v) is 9.09. The Morgan fingerprint density at radius 2 is 2.11 bits per heavy atom. The van der Waals surface area contributed by atoms with Crippen LogP contribution in [0.2, 0.25) is 0 Å². The molecule has 0 unspecified atom stereocenters. The number of hydrogen-bond donors (Lipinski definition) is 1. The number of nitrogens with one attached hydrogen (secondary N) is 1. The molecule has 0 amide bonds. The van der Waals surface area contributed by atoms with E-state index >= 15 is 0 Å². The summed E-state index contributed by atoms with van der Waals surface area (Å²) in [6.07, 6.45) is 1.97. The van der Waals surface area contributed by atoms with Crippen molar-refractivity contribution in [2.75, 3.05) is 50.6 Å². The van der Waals surface area contributed by atoms with Crippen molar-refractivity contribution >= 4 is 28.8 Å². The van der Waals surface area contributed by atoms with Gasteiger partial charge in [-0.05, 0) is 51.9 Å². The van der Waals surface area contributed by atoms with Crippen molar-refractivity contribution in [2.45, 2.75) is 39.2 Å². The lowest BCUT2D eigenvalue weighted by molar-refractivity contribution is -0.143. The van der Waals surface area contributed by atoms with E-state index in [-0.39, 0.29) is 5.97 Å². The molecule has 4 rings (SSSR count). The van der Waals surface area contributed by atoms with Crippen LogP contribution in [0.5, 0.6) is 0 Å². The minimum atomic E-state index is -0.214. The summed E-state index contributed by atoms with van der Waals surface area (Å²) in [6, 6.07) is 13.3. The fraction of sp³-hybridized carbons (Fsp3) is 0.444. The number of aromatic nitrogens is 1. The van der Waals surface area contributed by atoms with E-state index in [1.165, 1.54) is 0 Å². The molecule has 3 aromatic rings. The Labute approximate surface area is 206 Å². The Bertz CT molecular complexity index is 1230. The molecule has 35 heavy (non-hydrogen) atoms. The quantitative estimate of drug-likeness (QED) is 0.355. The second-order valence-electron chi connectivity index (χ2n) is 9.09. The molecule has 1 aliphatic rings. The largest absolute Gasteiger partial charge is 0.466 e. The molecule has 2 heterocycles. The first-order chi connectivity index (χ1) is 16.9. The lowest BCUT2D eigenvalue weighted by Gasteiger charge is -2.25. The summed E-state index contributed by atoms with van der Waals surface area (Å²) in [7, 11) is 4.22. The van der Waals surface area contributed by atoms with E-state index in [9.17, 15) is 10.1 Å². The fourth-order valence-electron chi connectivity index (χ4n) is 4.74. The van der Waals surface area contributed by atoms with Gasteiger partial charge in [-0.3, -0.25) is 4.79 Å². The highest BCUT2D eigenvalue weighted by atomic mass is 16.5. The molecule has 1 N–H and O–H groups in total. The summed E-state index contributed by atoms with van der Waals surface area (Å²) < 4.78 is 11.3. The zero-order chi connectivity index (χ0) is 24.9. The molecule has 0 spiro atoms. The third-order valence-corrected chi connectivity index (χ3v) is 6.59. The van der Waals surface area contributed by atoms with Crippen LogP contribution in [-0.4, -0.2) is 62.2 Å². The number of nitriles is 1. The molecule has 1 aliphatic heterocycles. The number of nitrogens with zero attached hydrogens (tertiary/aromatic N) is 4. The van der Waals surface area contributed by atoms with Crippen molar-refractivity contribution in [2.24, 2.45) is 0 Å². The van der Waals surface area contributed by atoms with Crippen molar-refractivity contribution in [3.63, 3.8) is 0 Å². The number of anilines is 2. The van der Waals surface area contributed by atoms with Gasteiger partial charge in [0, 0.05) is 37.7 Å². The maximum atomic E-state index is 11.6. The number of benzene rings is 2. The van der Waals surface area contributed by atoms with Gasteiger partial charge in [0.2, 0.25) is 0 Å². The van der Waals surface area contributed by atoms with Crippen molar-refractivity contribution < 1.29 is 13.9 Å². The zero-order valence-electron chi connectivity index (χ0n) is 20.9. The van der Waals surface area contributed by atoms with E-state index in [2.05, 4.69) is 52.4 Å². The number of likely N-dealkylation sites (N-methyl/N-ethyl adjacent to an activating group) is 1. The number of carbonyl (C=O) groups is 1. The minimum Gasteiger partial charge on any atom is -0.466 e. The number of ether oxygens (including phenoxy) is 1. The lowest BCUT2D eigenvalue weighted by atomic mass is 9.93. The number of hydrogen-bond acceptors (Lipinski definition) is 8. The first-order valence-electron chi connectivity index (χ1n) is 12.2. The van der Waals surface area contributed by atoms with E-state index in [1.54, 1.807) is 6.92 Å². The molecule has 2 aromatic carbocycles. The Kier molecular flexibility index (Phi) is 7.57. The topological polar surface area (TPSA) is 94.6 Å². The van der Waals surface area contributed by atoms with Crippen LogP contribution < -0.4 is 10.2 Å². The number of oxazole rings is 1. The van der Waals surface area contributed by atoms with E-state index < -0.39 is 0 Å². The summed E-state index contributed by atoms with van der Waals surface area (Å²) >= 11 is 0. The molecule has 1 fully saturated rings. The molecule has 0 aliphatic carbocycles. The van der Waals surface area contributed by atoms with Gasteiger partial charge in [0.15, 0.2) is 5.58 Å². The van der Waals surface area contributed by atoms with E-state index in [0.29, 0.717) is 54.7 Å². The molecule has 1 atom stereocenters. The van der Waals surface area contributed by atoms with Crippen LogP contribution in [0.25, 0.3) is 22.2 Å². The first kappa shape index (κ1) is 24.6. The summed E-state index contributed by atoms with van der Waals surface area (Å²) in [5.74, 6) is -0.214. The van der Waals surface area contributed by atoms with E-state index in [4.69, 9.17) is 9.15 Å². The molecular weight excluding hydrogens is 442 g/mol. The van der Waals surface area contributed by atoms with Gasteiger partial charge < -0.3 is 24.3 Å². The maximum absolute atomic E-state index is 11.6. The van der Waals surface area contributed by atoms with Crippen molar-refractivity contribution in [1.29, 1.82) is 5.26 Å². The van der Waals surface area contributed by atoms with Crippen molar-refractivity contribution in [3.8, 4) is 17.2 Å². The number of rotatable bonds is 9. The number of esters is 1. The summed E-state index contributed by atoms with van der Waals surface area (Å²) in [6.45, 7) is 6.45. The van der Waals surface area contributed by atoms with Gasteiger partial charge in [-0.1, -0.05) is 30.3 Å². The smallest absolute Gasteiger partial charge is 0.305 e. The third kappa shape index (κ3) is 5.10. The number of carbonyl (C=O) groups excluding carboxylic acids is 1. The Hall–Kier alpha value is -3.57. The highest BCUT2D eigenvalue weighted by molar-refractivity contribution is 6.02. The molecular formula is C27H33N5O3. The third-order valence-electron chi connectivity index (χ3n) is 6.59. The standard InChI is InChI=1S/C27H33N5O3/c1-5-34-22(33)12-9-14-29-27-30-24-21(16-28)18(2)23(19-10-7-6-8-11-19)25(26(24)35-27)32-15-13-20(17-32)31(3)4/h6-8,10-11,20H,5,9,12-15,17H2,1-4H3,(H,29,30)/t20-/m0/s1. The van der Waals surface area contributed by atoms with Gasteiger partial charge in [-0.25, -0.2) is 0 Å². The van der Waals surface area contributed by atoms with Gasteiger partial charge in [0.25, 0.3) is 6.01 Å². The van der Waals surface area contributed by atoms with Crippen molar-refractivity contribution in [3.05, 3.63) is 41.5 Å². The first-order valence-corrected chi connectivity index (χ1v) is 12.2. The SMILES string of the molecule is CCOC(=O)CCCNc1nc2c(C#N)c(C)c(-c3ccccc3)c(N3CC[C@H](N(C)C)C3)c2o1. The maximum Gasteiger partial charge on any atom is 0.305 e. The molecule has 0 radical (unpaired) electrons. The predicted octanol–water partition coefficient (Wildman–Crippen LogP) is 4.57. The van der Waals surface area contributed by atoms with Crippen LogP contribution in [0.3, 0.4) is 0 Å². The predicted molar refractivity (Wildman–Crippen MR) is 138 cm³/mol. The van der Waals surface area contributed by atoms with Gasteiger partial charge in [0.05, 0.1) is 17.9 Å². The van der Waals surface area contributed by atoms with Gasteiger partial charge in [-0.15, -0.1) is 0 Å². The number of fused-ring (bicyclic) bond motifs is 1. The van der Waals surface area contributed by atoms with Crippen LogP contribution in [-0.2, 0) is 9.53 Å². The molecule has 1 saturated heterocycles.